The fourth-order valence-corrected chi connectivity index (χ4v) is 3.66. The normalized spacial score (nSPS) is 29.0. The van der Waals surface area contributed by atoms with E-state index in [0.29, 0.717) is 12.3 Å². The number of aromatic amines is 1. The monoisotopic (exact) mass is 293 g/mol. The van der Waals surface area contributed by atoms with Gasteiger partial charge < -0.3 is 15.7 Å². The summed E-state index contributed by atoms with van der Waals surface area (Å²) in [6.07, 6.45) is 5.44. The van der Waals surface area contributed by atoms with Gasteiger partial charge in [-0.15, -0.1) is 5.10 Å². The number of amides is 1. The van der Waals surface area contributed by atoms with Crippen molar-refractivity contribution in [1.82, 2.24) is 20.1 Å². The van der Waals surface area contributed by atoms with Crippen LogP contribution in [0.25, 0.3) is 0 Å². The molecule has 2 fully saturated rings. The van der Waals surface area contributed by atoms with Crippen LogP contribution in [0.3, 0.4) is 0 Å². The van der Waals surface area contributed by atoms with Gasteiger partial charge in [-0.05, 0) is 31.6 Å². The Morgan fingerprint density at radius 2 is 2.00 bits per heavy atom. The van der Waals surface area contributed by atoms with Gasteiger partial charge in [0.1, 0.15) is 6.04 Å². The fourth-order valence-electron chi connectivity index (χ4n) is 3.66. The van der Waals surface area contributed by atoms with E-state index in [1.807, 2.05) is 0 Å². The number of rotatable bonds is 2. The number of nitrogens with zero attached hydrogens (tertiary/aromatic N) is 3. The van der Waals surface area contributed by atoms with Crippen LogP contribution in [-0.2, 0) is 4.79 Å². The average molecular weight is 293 g/mol. The van der Waals surface area contributed by atoms with Crippen LogP contribution in [0.2, 0.25) is 0 Å². The summed E-state index contributed by atoms with van der Waals surface area (Å²) in [5, 5.41) is 15.6. The molecule has 1 saturated carbocycles. The summed E-state index contributed by atoms with van der Waals surface area (Å²) in [5.74, 6) is -0.978. The Kier molecular flexibility index (Phi) is 3.52. The van der Waals surface area contributed by atoms with Gasteiger partial charge in [-0.3, -0.25) is 9.89 Å². The van der Waals surface area contributed by atoms with Crippen molar-refractivity contribution in [3.63, 3.8) is 0 Å². The van der Waals surface area contributed by atoms with Crippen LogP contribution in [0.1, 0.15) is 49.1 Å². The zero-order valence-electron chi connectivity index (χ0n) is 11.7. The molecule has 8 heteroatoms. The highest BCUT2D eigenvalue weighted by molar-refractivity contribution is 5.94. The SMILES string of the molecule is Nc1n[nH]c(C(=O)N2C(C(=O)O)CCC3CCCCC32)n1. The van der Waals surface area contributed by atoms with Crippen LogP contribution in [-0.4, -0.2) is 49.1 Å². The molecular weight excluding hydrogens is 274 g/mol. The second kappa shape index (κ2) is 5.34. The van der Waals surface area contributed by atoms with Crippen LogP contribution < -0.4 is 5.73 Å². The maximum Gasteiger partial charge on any atom is 0.326 e. The van der Waals surface area contributed by atoms with Gasteiger partial charge in [-0.2, -0.15) is 4.98 Å². The van der Waals surface area contributed by atoms with Gasteiger partial charge in [0.2, 0.25) is 11.8 Å². The number of carboxylic acid groups (broad SMARTS) is 1. The molecule has 1 aliphatic carbocycles. The number of carbonyl (C=O) groups excluding carboxylic acids is 1. The number of carbonyl (C=O) groups is 2. The van der Waals surface area contributed by atoms with Crippen LogP contribution in [0.5, 0.6) is 0 Å². The van der Waals surface area contributed by atoms with Crippen LogP contribution in [0, 0.1) is 5.92 Å². The smallest absolute Gasteiger partial charge is 0.326 e. The van der Waals surface area contributed by atoms with Gasteiger partial charge in [0.25, 0.3) is 5.91 Å². The quantitative estimate of drug-likeness (QED) is 0.734. The van der Waals surface area contributed by atoms with Gasteiger partial charge in [0.05, 0.1) is 0 Å². The number of fused-ring (bicyclic) bond motifs is 1. The number of aliphatic carboxylic acids is 1. The lowest BCUT2D eigenvalue weighted by Crippen LogP contribution is -2.57. The lowest BCUT2D eigenvalue weighted by molar-refractivity contribution is -0.146. The first-order chi connectivity index (χ1) is 10.1. The van der Waals surface area contributed by atoms with E-state index in [-0.39, 0.29) is 17.8 Å². The summed E-state index contributed by atoms with van der Waals surface area (Å²) < 4.78 is 0. The number of anilines is 1. The highest BCUT2D eigenvalue weighted by atomic mass is 16.4. The number of nitrogen functional groups attached to an aromatic ring is 1. The Labute approximate surface area is 121 Å². The molecule has 0 aromatic carbocycles. The van der Waals surface area contributed by atoms with Crippen LogP contribution >= 0.6 is 0 Å². The van der Waals surface area contributed by atoms with E-state index in [4.69, 9.17) is 5.73 Å². The first-order valence-electron chi connectivity index (χ1n) is 7.31. The number of nitrogens with two attached hydrogens (primary N) is 1. The maximum atomic E-state index is 12.7. The number of piperidine rings is 1. The summed E-state index contributed by atoms with van der Waals surface area (Å²) >= 11 is 0. The number of hydrogen-bond donors (Lipinski definition) is 3. The lowest BCUT2D eigenvalue weighted by atomic mass is 9.76. The summed E-state index contributed by atoms with van der Waals surface area (Å²) in [4.78, 5) is 29.5. The van der Waals surface area contributed by atoms with Crippen LogP contribution in [0.15, 0.2) is 0 Å². The molecule has 4 N–H and O–H groups in total. The Morgan fingerprint density at radius 3 is 2.67 bits per heavy atom. The molecule has 3 unspecified atom stereocenters. The number of nitrogens with one attached hydrogen (secondary N) is 1. The summed E-state index contributed by atoms with van der Waals surface area (Å²) in [5.41, 5.74) is 5.43. The second-order valence-electron chi connectivity index (χ2n) is 5.80. The molecule has 1 aliphatic heterocycles. The molecule has 1 amide bonds. The third-order valence-corrected chi connectivity index (χ3v) is 4.60. The topological polar surface area (TPSA) is 125 Å². The van der Waals surface area contributed by atoms with Gasteiger partial charge in [-0.25, -0.2) is 4.79 Å². The fraction of sp³-hybridized carbons (Fsp3) is 0.692. The summed E-state index contributed by atoms with van der Waals surface area (Å²) in [6, 6.07) is -0.810. The third kappa shape index (κ3) is 2.45. The predicted molar refractivity (Wildman–Crippen MR) is 73.4 cm³/mol. The Bertz CT molecular complexity index is 558. The van der Waals surface area contributed by atoms with E-state index in [9.17, 15) is 14.7 Å². The van der Waals surface area contributed by atoms with Gasteiger partial charge in [-0.1, -0.05) is 12.8 Å². The first kappa shape index (κ1) is 13.8. The lowest BCUT2D eigenvalue weighted by Gasteiger charge is -2.46. The molecule has 3 atom stereocenters. The summed E-state index contributed by atoms with van der Waals surface area (Å²) in [7, 11) is 0. The van der Waals surface area contributed by atoms with E-state index < -0.39 is 17.9 Å². The van der Waals surface area contributed by atoms with E-state index in [2.05, 4.69) is 15.2 Å². The number of carboxylic acids is 1. The number of likely N-dealkylation sites (tertiary alicyclic amines) is 1. The predicted octanol–water partition coefficient (Wildman–Crippen LogP) is 0.635. The van der Waals surface area contributed by atoms with E-state index in [1.54, 1.807) is 0 Å². The van der Waals surface area contributed by atoms with Crippen molar-refractivity contribution in [2.24, 2.45) is 5.92 Å². The molecule has 114 valence electrons. The minimum absolute atomic E-state index is 0.0116. The highest BCUT2D eigenvalue weighted by Gasteiger charge is 2.44. The van der Waals surface area contributed by atoms with Crippen molar-refractivity contribution >= 4 is 17.8 Å². The molecule has 0 radical (unpaired) electrons. The van der Waals surface area contributed by atoms with Crippen molar-refractivity contribution in [1.29, 1.82) is 0 Å². The molecule has 0 spiro atoms. The van der Waals surface area contributed by atoms with E-state index >= 15 is 0 Å². The average Bonchev–Trinajstić information content (AvgIpc) is 2.91. The Morgan fingerprint density at radius 1 is 1.24 bits per heavy atom. The second-order valence-corrected chi connectivity index (χ2v) is 5.80. The van der Waals surface area contributed by atoms with Crippen molar-refractivity contribution < 1.29 is 14.7 Å². The molecular formula is C13H19N5O3. The number of H-pyrrole nitrogens is 1. The van der Waals surface area contributed by atoms with E-state index in [0.717, 1.165) is 32.1 Å². The molecule has 2 aliphatic rings. The van der Waals surface area contributed by atoms with Crippen molar-refractivity contribution in [2.45, 2.75) is 50.6 Å². The maximum absolute atomic E-state index is 12.7. The third-order valence-electron chi connectivity index (χ3n) is 4.60. The van der Waals surface area contributed by atoms with Crippen molar-refractivity contribution in [3.05, 3.63) is 5.82 Å². The zero-order chi connectivity index (χ0) is 15.0. The summed E-state index contributed by atoms with van der Waals surface area (Å²) in [6.45, 7) is 0. The Hall–Kier alpha value is -2.12. The number of aromatic nitrogens is 3. The van der Waals surface area contributed by atoms with Gasteiger partial charge in [0, 0.05) is 6.04 Å². The standard InChI is InChI=1S/C13H19N5O3/c14-13-15-10(16-17-13)11(19)18-8-4-2-1-3-7(8)5-6-9(18)12(20)21/h7-9H,1-6H2,(H,20,21)(H3,14,15,16,17). The zero-order valence-corrected chi connectivity index (χ0v) is 11.7. The number of hydrogen-bond acceptors (Lipinski definition) is 5. The molecule has 3 rings (SSSR count). The largest absolute Gasteiger partial charge is 0.480 e. The first-order valence-corrected chi connectivity index (χ1v) is 7.31. The molecule has 1 saturated heterocycles. The molecule has 0 bridgehead atoms. The van der Waals surface area contributed by atoms with Gasteiger partial charge >= 0.3 is 5.97 Å². The van der Waals surface area contributed by atoms with Crippen molar-refractivity contribution in [3.8, 4) is 0 Å². The molecule has 8 nitrogen and oxygen atoms in total. The van der Waals surface area contributed by atoms with E-state index in [1.165, 1.54) is 4.90 Å². The molecule has 1 aromatic rings. The van der Waals surface area contributed by atoms with Crippen molar-refractivity contribution in [2.75, 3.05) is 5.73 Å². The van der Waals surface area contributed by atoms with Gasteiger partial charge in [0.15, 0.2) is 0 Å². The molecule has 21 heavy (non-hydrogen) atoms. The van der Waals surface area contributed by atoms with Crippen LogP contribution in [0.4, 0.5) is 5.95 Å². The molecule has 2 heterocycles. The minimum Gasteiger partial charge on any atom is -0.480 e. The Balaban J connectivity index is 1.92. The highest BCUT2D eigenvalue weighted by Crippen LogP contribution is 2.38. The minimum atomic E-state index is -0.958. The molecule has 1 aromatic heterocycles.